The molecule has 0 saturated heterocycles. The zero-order valence-corrected chi connectivity index (χ0v) is 15.7. The van der Waals surface area contributed by atoms with E-state index in [9.17, 15) is 19.7 Å². The number of hydrogen-bond acceptors (Lipinski definition) is 6. The number of carbonyl (C=O) groups excluding carboxylic acids is 2. The first-order valence-corrected chi connectivity index (χ1v) is 8.46. The van der Waals surface area contributed by atoms with Gasteiger partial charge in [-0.05, 0) is 44.0 Å². The Labute approximate surface area is 161 Å². The van der Waals surface area contributed by atoms with E-state index >= 15 is 0 Å². The molecule has 0 aliphatic heterocycles. The number of hydrogen-bond donors (Lipinski definition) is 2. The van der Waals surface area contributed by atoms with Crippen molar-refractivity contribution in [3.8, 4) is 11.5 Å². The Bertz CT molecular complexity index is 846. The predicted molar refractivity (Wildman–Crippen MR) is 101 cm³/mol. The van der Waals surface area contributed by atoms with Crippen molar-refractivity contribution in [3.63, 3.8) is 0 Å². The van der Waals surface area contributed by atoms with Gasteiger partial charge in [-0.25, -0.2) is 0 Å². The normalized spacial score (nSPS) is 11.2. The van der Waals surface area contributed by atoms with Crippen molar-refractivity contribution in [2.45, 2.75) is 26.9 Å². The van der Waals surface area contributed by atoms with Crippen molar-refractivity contribution < 1.29 is 24.0 Å². The van der Waals surface area contributed by atoms with Crippen molar-refractivity contribution >= 4 is 17.5 Å². The van der Waals surface area contributed by atoms with E-state index in [1.807, 2.05) is 32.0 Å². The lowest BCUT2D eigenvalue weighted by Crippen LogP contribution is -2.48. The zero-order valence-electron chi connectivity index (χ0n) is 15.7. The van der Waals surface area contributed by atoms with Gasteiger partial charge < -0.3 is 9.47 Å². The van der Waals surface area contributed by atoms with Crippen LogP contribution in [-0.2, 0) is 9.59 Å². The fraction of sp³-hybridized carbons (Fsp3) is 0.263. The topological polar surface area (TPSA) is 120 Å². The molecule has 0 heterocycles. The van der Waals surface area contributed by atoms with E-state index in [2.05, 4.69) is 10.9 Å². The smallest absolute Gasteiger partial charge is 0.279 e. The summed E-state index contributed by atoms with van der Waals surface area (Å²) in [5.41, 5.74) is 6.22. The fourth-order valence-electron chi connectivity index (χ4n) is 2.30. The van der Waals surface area contributed by atoms with Crippen LogP contribution in [0.2, 0.25) is 0 Å². The minimum absolute atomic E-state index is 0.0815. The van der Waals surface area contributed by atoms with Crippen LogP contribution in [0.25, 0.3) is 0 Å². The van der Waals surface area contributed by atoms with Crippen LogP contribution in [0.1, 0.15) is 18.1 Å². The van der Waals surface area contributed by atoms with E-state index < -0.39 is 22.8 Å². The molecule has 0 bridgehead atoms. The predicted octanol–water partition coefficient (Wildman–Crippen LogP) is 2.21. The van der Waals surface area contributed by atoms with Gasteiger partial charge in [0.05, 0.1) is 4.92 Å². The molecule has 28 heavy (non-hydrogen) atoms. The Morgan fingerprint density at radius 2 is 1.68 bits per heavy atom. The van der Waals surface area contributed by atoms with Crippen LogP contribution in [0.15, 0.2) is 42.5 Å². The number of nitro groups is 1. The second-order valence-electron chi connectivity index (χ2n) is 6.06. The second kappa shape index (κ2) is 9.36. The third-order valence-corrected chi connectivity index (χ3v) is 3.82. The summed E-state index contributed by atoms with van der Waals surface area (Å²) in [5.74, 6) is -0.200. The molecule has 0 aromatic heterocycles. The lowest BCUT2D eigenvalue weighted by atomic mass is 10.1. The van der Waals surface area contributed by atoms with Gasteiger partial charge in [-0.2, -0.15) is 0 Å². The summed E-state index contributed by atoms with van der Waals surface area (Å²) >= 11 is 0. The number of rotatable bonds is 7. The number of hydrazine groups is 1. The summed E-state index contributed by atoms with van der Waals surface area (Å²) in [7, 11) is 0. The highest BCUT2D eigenvalue weighted by molar-refractivity contribution is 5.85. The summed E-state index contributed by atoms with van der Waals surface area (Å²) in [4.78, 5) is 33.9. The number of amides is 2. The van der Waals surface area contributed by atoms with Crippen LogP contribution in [0.5, 0.6) is 11.5 Å². The van der Waals surface area contributed by atoms with E-state index in [1.54, 1.807) is 6.92 Å². The Hall–Kier alpha value is -3.62. The number of ether oxygens (including phenoxy) is 2. The average Bonchev–Trinajstić information content (AvgIpc) is 2.67. The van der Waals surface area contributed by atoms with Gasteiger partial charge in [0.2, 0.25) is 0 Å². The molecule has 0 saturated carbocycles. The number of nitro benzene ring substituents is 1. The number of non-ortho nitro benzene ring substituents is 1. The Balaban J connectivity index is 1.78. The molecule has 148 valence electrons. The molecule has 0 aliphatic rings. The molecule has 2 rings (SSSR count). The lowest BCUT2D eigenvalue weighted by molar-refractivity contribution is -0.384. The number of aryl methyl sites for hydroxylation is 2. The molecule has 9 nitrogen and oxygen atoms in total. The summed E-state index contributed by atoms with van der Waals surface area (Å²) in [6.07, 6.45) is -0.823. The maximum absolute atomic E-state index is 12.1. The van der Waals surface area contributed by atoms with Crippen molar-refractivity contribution in [3.05, 3.63) is 63.7 Å². The zero-order chi connectivity index (χ0) is 20.7. The minimum Gasteiger partial charge on any atom is -0.484 e. The van der Waals surface area contributed by atoms with Gasteiger partial charge in [-0.15, -0.1) is 0 Å². The van der Waals surface area contributed by atoms with Crippen LogP contribution in [0.4, 0.5) is 5.69 Å². The maximum Gasteiger partial charge on any atom is 0.279 e. The van der Waals surface area contributed by atoms with E-state index in [4.69, 9.17) is 9.47 Å². The average molecular weight is 387 g/mol. The third kappa shape index (κ3) is 5.70. The number of carbonyl (C=O) groups is 2. The Morgan fingerprint density at radius 1 is 1.07 bits per heavy atom. The highest BCUT2D eigenvalue weighted by atomic mass is 16.6. The largest absolute Gasteiger partial charge is 0.484 e. The van der Waals surface area contributed by atoms with Gasteiger partial charge in [0, 0.05) is 12.1 Å². The molecule has 0 radical (unpaired) electrons. The second-order valence-corrected chi connectivity index (χ2v) is 6.06. The molecule has 0 spiro atoms. The van der Waals surface area contributed by atoms with Gasteiger partial charge >= 0.3 is 0 Å². The monoisotopic (exact) mass is 387 g/mol. The standard InChI is InChI=1S/C19H21N3O6/c1-12-5-4-6-13(2)18(12)28-14(3)19(24)21-20-17(23)11-27-16-9-7-15(8-10-16)22(25)26/h4-10,14H,11H2,1-3H3,(H,20,23)(H,21,24)/t14-/m0/s1. The highest BCUT2D eigenvalue weighted by Gasteiger charge is 2.17. The van der Waals surface area contributed by atoms with E-state index in [0.29, 0.717) is 11.5 Å². The van der Waals surface area contributed by atoms with Crippen molar-refractivity contribution in [1.82, 2.24) is 10.9 Å². The molecule has 0 unspecified atom stereocenters. The number of nitrogens with one attached hydrogen (secondary N) is 2. The van der Waals surface area contributed by atoms with E-state index in [1.165, 1.54) is 24.3 Å². The quantitative estimate of drug-likeness (QED) is 0.555. The number of para-hydroxylation sites is 1. The van der Waals surface area contributed by atoms with Crippen LogP contribution in [-0.4, -0.2) is 29.4 Å². The molecule has 2 aromatic carbocycles. The summed E-state index contributed by atoms with van der Waals surface area (Å²) in [5, 5.41) is 10.6. The fourth-order valence-corrected chi connectivity index (χ4v) is 2.30. The van der Waals surface area contributed by atoms with Gasteiger partial charge in [0.25, 0.3) is 17.5 Å². The van der Waals surface area contributed by atoms with Crippen LogP contribution in [0, 0.1) is 24.0 Å². The molecule has 1 atom stereocenters. The Kier molecular flexibility index (Phi) is 6.91. The molecule has 2 amide bonds. The molecule has 0 aliphatic carbocycles. The molecular formula is C19H21N3O6. The minimum atomic E-state index is -0.823. The van der Waals surface area contributed by atoms with Crippen molar-refractivity contribution in [2.75, 3.05) is 6.61 Å². The first-order valence-electron chi connectivity index (χ1n) is 8.46. The Morgan fingerprint density at radius 3 is 2.25 bits per heavy atom. The lowest BCUT2D eigenvalue weighted by Gasteiger charge is -2.18. The number of nitrogens with zero attached hydrogens (tertiary/aromatic N) is 1. The SMILES string of the molecule is Cc1cccc(C)c1O[C@@H](C)C(=O)NNC(=O)COc1ccc([N+](=O)[O-])cc1. The number of benzene rings is 2. The molecular weight excluding hydrogens is 366 g/mol. The van der Waals surface area contributed by atoms with Crippen LogP contribution >= 0.6 is 0 Å². The van der Waals surface area contributed by atoms with Crippen LogP contribution < -0.4 is 20.3 Å². The summed E-state index contributed by atoms with van der Waals surface area (Å²) in [6, 6.07) is 10.9. The maximum atomic E-state index is 12.1. The van der Waals surface area contributed by atoms with Crippen molar-refractivity contribution in [2.24, 2.45) is 0 Å². The van der Waals surface area contributed by atoms with E-state index in [0.717, 1.165) is 11.1 Å². The van der Waals surface area contributed by atoms with Gasteiger partial charge in [-0.3, -0.25) is 30.6 Å². The first kappa shape index (κ1) is 20.7. The van der Waals surface area contributed by atoms with Gasteiger partial charge in [-0.1, -0.05) is 18.2 Å². The summed E-state index contributed by atoms with van der Waals surface area (Å²) < 4.78 is 10.9. The van der Waals surface area contributed by atoms with Gasteiger partial charge in [0.1, 0.15) is 11.5 Å². The third-order valence-electron chi connectivity index (χ3n) is 3.82. The van der Waals surface area contributed by atoms with Gasteiger partial charge in [0.15, 0.2) is 12.7 Å². The molecule has 9 heteroatoms. The van der Waals surface area contributed by atoms with E-state index in [-0.39, 0.29) is 12.3 Å². The molecule has 0 fully saturated rings. The highest BCUT2D eigenvalue weighted by Crippen LogP contribution is 2.23. The first-order chi connectivity index (χ1) is 13.3. The molecule has 2 N–H and O–H groups in total. The van der Waals surface area contributed by atoms with Crippen LogP contribution in [0.3, 0.4) is 0 Å². The van der Waals surface area contributed by atoms with Crippen molar-refractivity contribution in [1.29, 1.82) is 0 Å². The summed E-state index contributed by atoms with van der Waals surface area (Å²) in [6.45, 7) is 4.96. The molecule has 2 aromatic rings.